The van der Waals surface area contributed by atoms with Crippen LogP contribution in [0.2, 0.25) is 0 Å². The number of H-pyrrole nitrogens is 1. The molecule has 0 aliphatic heterocycles. The van der Waals surface area contributed by atoms with Gasteiger partial charge in [-0.05, 0) is 25.0 Å². The molecule has 3 N–H and O–H groups in total. The van der Waals surface area contributed by atoms with Crippen LogP contribution in [0, 0.1) is 13.8 Å². The van der Waals surface area contributed by atoms with Gasteiger partial charge in [0.25, 0.3) is 5.91 Å². The number of carbonyl (C=O) groups excluding carboxylic acids is 1. The second-order valence-corrected chi connectivity index (χ2v) is 4.47. The lowest BCUT2D eigenvalue weighted by atomic mass is 9.96. The third-order valence-electron chi connectivity index (χ3n) is 3.03. The maximum atomic E-state index is 12.2. The van der Waals surface area contributed by atoms with E-state index in [2.05, 4.69) is 15.3 Å². The van der Waals surface area contributed by atoms with Gasteiger partial charge in [0.2, 0.25) is 0 Å². The second-order valence-electron chi connectivity index (χ2n) is 4.47. The minimum Gasteiger partial charge on any atom is -0.478 e. The van der Waals surface area contributed by atoms with Crippen molar-refractivity contribution in [1.29, 1.82) is 0 Å². The number of nitrogens with one attached hydrogen (secondary N) is 2. The first-order valence-corrected chi connectivity index (χ1v) is 6.10. The average molecular weight is 273 g/mol. The highest BCUT2D eigenvalue weighted by Crippen LogP contribution is 2.19. The summed E-state index contributed by atoms with van der Waals surface area (Å²) >= 11 is 0. The van der Waals surface area contributed by atoms with E-state index in [0.717, 1.165) is 0 Å². The van der Waals surface area contributed by atoms with Crippen LogP contribution in [-0.4, -0.2) is 27.0 Å². The third-order valence-corrected chi connectivity index (χ3v) is 3.03. The lowest BCUT2D eigenvalue weighted by Crippen LogP contribution is -2.27. The number of rotatable bonds is 4. The highest BCUT2D eigenvalue weighted by molar-refractivity contribution is 6.06. The molecular weight excluding hydrogens is 258 g/mol. The van der Waals surface area contributed by atoms with Gasteiger partial charge in [-0.3, -0.25) is 4.79 Å². The maximum Gasteiger partial charge on any atom is 0.336 e. The second kappa shape index (κ2) is 5.56. The smallest absolute Gasteiger partial charge is 0.336 e. The molecule has 0 radical (unpaired) electrons. The predicted octanol–water partition coefficient (Wildman–Crippen LogP) is 1.65. The van der Waals surface area contributed by atoms with Gasteiger partial charge in [-0.25, -0.2) is 9.78 Å². The highest BCUT2D eigenvalue weighted by Gasteiger charge is 2.21. The zero-order valence-corrected chi connectivity index (χ0v) is 11.2. The number of aryl methyl sites for hydroxylation is 2. The largest absolute Gasteiger partial charge is 0.478 e. The maximum absolute atomic E-state index is 12.2. The van der Waals surface area contributed by atoms with E-state index in [4.69, 9.17) is 0 Å². The molecule has 1 amide bonds. The van der Waals surface area contributed by atoms with E-state index in [9.17, 15) is 14.7 Å². The zero-order chi connectivity index (χ0) is 14.7. The summed E-state index contributed by atoms with van der Waals surface area (Å²) in [7, 11) is 0. The number of carbonyl (C=O) groups is 2. The first-order valence-electron chi connectivity index (χ1n) is 6.10. The van der Waals surface area contributed by atoms with Gasteiger partial charge in [-0.1, -0.05) is 12.1 Å². The normalized spacial score (nSPS) is 10.3. The molecule has 0 bridgehead atoms. The van der Waals surface area contributed by atoms with E-state index in [-0.39, 0.29) is 17.7 Å². The summed E-state index contributed by atoms with van der Waals surface area (Å²) in [5.41, 5.74) is 1.43. The van der Waals surface area contributed by atoms with Crippen LogP contribution in [0.3, 0.4) is 0 Å². The first kappa shape index (κ1) is 13.8. The molecule has 6 heteroatoms. The Bertz CT molecular complexity index is 648. The fourth-order valence-corrected chi connectivity index (χ4v) is 2.03. The summed E-state index contributed by atoms with van der Waals surface area (Å²) in [5, 5.41) is 11.9. The number of hydrogen-bond acceptors (Lipinski definition) is 3. The number of carboxylic acid groups (broad SMARTS) is 1. The van der Waals surface area contributed by atoms with Gasteiger partial charge in [-0.2, -0.15) is 0 Å². The molecule has 0 unspecified atom stereocenters. The van der Waals surface area contributed by atoms with E-state index in [0.29, 0.717) is 17.0 Å². The molecule has 0 saturated heterocycles. The number of aromatic amines is 1. The molecule has 0 fully saturated rings. The number of hydrogen-bond donors (Lipinski definition) is 3. The van der Waals surface area contributed by atoms with Crippen LogP contribution in [0.5, 0.6) is 0 Å². The summed E-state index contributed by atoms with van der Waals surface area (Å²) in [4.78, 5) is 30.4. The SMILES string of the molecule is Cc1ccc(C)c(C(=O)NCc2ncc[nH]2)c1C(=O)O. The lowest BCUT2D eigenvalue weighted by Gasteiger charge is -2.12. The Morgan fingerprint density at radius 3 is 2.45 bits per heavy atom. The molecule has 1 aromatic carbocycles. The van der Waals surface area contributed by atoms with Gasteiger partial charge in [0.05, 0.1) is 17.7 Å². The topological polar surface area (TPSA) is 95.1 Å². The van der Waals surface area contributed by atoms with Crippen LogP contribution < -0.4 is 5.32 Å². The predicted molar refractivity (Wildman–Crippen MR) is 72.6 cm³/mol. The molecule has 2 aromatic rings. The van der Waals surface area contributed by atoms with Crippen LogP contribution in [0.25, 0.3) is 0 Å². The zero-order valence-electron chi connectivity index (χ0n) is 11.2. The lowest BCUT2D eigenvalue weighted by molar-refractivity contribution is 0.0690. The van der Waals surface area contributed by atoms with Crippen molar-refractivity contribution < 1.29 is 14.7 Å². The Labute approximate surface area is 115 Å². The number of nitrogens with zero attached hydrogens (tertiary/aromatic N) is 1. The van der Waals surface area contributed by atoms with E-state index in [1.165, 1.54) is 0 Å². The number of carboxylic acids is 1. The summed E-state index contributed by atoms with van der Waals surface area (Å²) in [6.45, 7) is 3.61. The van der Waals surface area contributed by atoms with E-state index in [1.54, 1.807) is 38.4 Å². The quantitative estimate of drug-likeness (QED) is 0.789. The van der Waals surface area contributed by atoms with Gasteiger partial charge in [0.15, 0.2) is 0 Å². The van der Waals surface area contributed by atoms with Gasteiger partial charge in [0.1, 0.15) is 5.82 Å². The standard InChI is InChI=1S/C14H15N3O3/c1-8-3-4-9(2)12(14(19)20)11(8)13(18)17-7-10-15-5-6-16-10/h3-6H,7H2,1-2H3,(H,15,16)(H,17,18)(H,19,20). The molecule has 104 valence electrons. The number of benzene rings is 1. The van der Waals surface area contributed by atoms with Crippen molar-refractivity contribution in [2.75, 3.05) is 0 Å². The van der Waals surface area contributed by atoms with Gasteiger partial charge < -0.3 is 15.4 Å². The van der Waals surface area contributed by atoms with E-state index < -0.39 is 11.9 Å². The summed E-state index contributed by atoms with van der Waals surface area (Å²) in [5.74, 6) is -0.908. The van der Waals surface area contributed by atoms with Crippen LogP contribution in [0.4, 0.5) is 0 Å². The van der Waals surface area contributed by atoms with Crippen molar-refractivity contribution in [2.24, 2.45) is 0 Å². The van der Waals surface area contributed by atoms with Crippen molar-refractivity contribution >= 4 is 11.9 Å². The van der Waals surface area contributed by atoms with Gasteiger partial charge in [-0.15, -0.1) is 0 Å². The minimum atomic E-state index is -1.10. The Morgan fingerprint density at radius 2 is 1.90 bits per heavy atom. The molecule has 0 spiro atoms. The van der Waals surface area contributed by atoms with E-state index >= 15 is 0 Å². The first-order chi connectivity index (χ1) is 9.50. The Hall–Kier alpha value is -2.63. The molecule has 6 nitrogen and oxygen atoms in total. The molecule has 20 heavy (non-hydrogen) atoms. The van der Waals surface area contributed by atoms with Crippen molar-refractivity contribution in [3.8, 4) is 0 Å². The number of amides is 1. The van der Waals surface area contributed by atoms with Crippen LogP contribution in [-0.2, 0) is 6.54 Å². The van der Waals surface area contributed by atoms with Crippen molar-refractivity contribution in [3.05, 3.63) is 52.6 Å². The van der Waals surface area contributed by atoms with E-state index in [1.807, 2.05) is 0 Å². The molecule has 0 saturated carbocycles. The monoisotopic (exact) mass is 273 g/mol. The molecule has 2 rings (SSSR count). The fourth-order valence-electron chi connectivity index (χ4n) is 2.03. The van der Waals surface area contributed by atoms with Gasteiger partial charge >= 0.3 is 5.97 Å². The molecular formula is C14H15N3O3. The molecule has 1 aromatic heterocycles. The minimum absolute atomic E-state index is 0.0435. The van der Waals surface area contributed by atoms with Crippen LogP contribution in [0.1, 0.15) is 37.7 Å². The number of aromatic carboxylic acids is 1. The molecule has 1 heterocycles. The molecule has 0 aliphatic carbocycles. The van der Waals surface area contributed by atoms with Crippen LogP contribution in [0.15, 0.2) is 24.5 Å². The van der Waals surface area contributed by atoms with Crippen molar-refractivity contribution in [1.82, 2.24) is 15.3 Å². The molecule has 0 aliphatic rings. The summed E-state index contributed by atoms with van der Waals surface area (Å²) in [6, 6.07) is 3.44. The fraction of sp³-hybridized carbons (Fsp3) is 0.214. The summed E-state index contributed by atoms with van der Waals surface area (Å²) in [6.07, 6.45) is 3.24. The average Bonchev–Trinajstić information content (AvgIpc) is 2.91. The Morgan fingerprint density at radius 1 is 1.25 bits per heavy atom. The van der Waals surface area contributed by atoms with Crippen LogP contribution >= 0.6 is 0 Å². The number of imidazole rings is 1. The third kappa shape index (κ3) is 2.69. The van der Waals surface area contributed by atoms with Crippen molar-refractivity contribution in [3.63, 3.8) is 0 Å². The molecule has 0 atom stereocenters. The Balaban J connectivity index is 2.29. The van der Waals surface area contributed by atoms with Crippen molar-refractivity contribution in [2.45, 2.75) is 20.4 Å². The summed E-state index contributed by atoms with van der Waals surface area (Å²) < 4.78 is 0. The number of aromatic nitrogens is 2. The van der Waals surface area contributed by atoms with Gasteiger partial charge in [0, 0.05) is 12.4 Å². The Kier molecular flexibility index (Phi) is 3.84. The highest BCUT2D eigenvalue weighted by atomic mass is 16.4.